The van der Waals surface area contributed by atoms with Crippen molar-refractivity contribution in [2.75, 3.05) is 12.4 Å². The van der Waals surface area contributed by atoms with Crippen LogP contribution < -0.4 is 16.6 Å². The normalized spacial score (nSPS) is 13.3. The number of hydrogen-bond acceptors (Lipinski definition) is 6. The highest BCUT2D eigenvalue weighted by molar-refractivity contribution is 6.06. The van der Waals surface area contributed by atoms with Crippen LogP contribution in [0.15, 0.2) is 34.0 Å². The first kappa shape index (κ1) is 19.6. The summed E-state index contributed by atoms with van der Waals surface area (Å²) in [5.41, 5.74) is 1.69. The van der Waals surface area contributed by atoms with Crippen LogP contribution in [-0.4, -0.2) is 33.5 Å². The number of carbonyl (C=O) groups is 2. The van der Waals surface area contributed by atoms with Gasteiger partial charge in [0.15, 0.2) is 0 Å². The zero-order valence-corrected chi connectivity index (χ0v) is 16.7. The first-order chi connectivity index (χ1) is 14.3. The van der Waals surface area contributed by atoms with Crippen molar-refractivity contribution in [1.29, 1.82) is 0 Å². The second kappa shape index (κ2) is 7.25. The molecule has 0 radical (unpaired) electrons. The molecule has 0 unspecified atom stereocenters. The smallest absolute Gasteiger partial charge is 0.338 e. The maximum Gasteiger partial charge on any atom is 0.338 e. The number of nitrogens with zero attached hydrogens (tertiary/aromatic N) is 2. The summed E-state index contributed by atoms with van der Waals surface area (Å²) >= 11 is 0. The van der Waals surface area contributed by atoms with Gasteiger partial charge in [0.1, 0.15) is 5.65 Å². The van der Waals surface area contributed by atoms with E-state index < -0.39 is 23.1 Å². The van der Waals surface area contributed by atoms with Gasteiger partial charge in [-0.3, -0.25) is 19.1 Å². The van der Waals surface area contributed by atoms with Crippen molar-refractivity contribution in [2.24, 2.45) is 0 Å². The van der Waals surface area contributed by atoms with Crippen LogP contribution in [0, 0.1) is 13.8 Å². The summed E-state index contributed by atoms with van der Waals surface area (Å²) in [4.78, 5) is 55.7. The number of nitrogens with one attached hydrogen (secondary N) is 2. The van der Waals surface area contributed by atoms with Gasteiger partial charge in [-0.15, -0.1) is 0 Å². The number of benzene rings is 1. The number of hydrogen-bond donors (Lipinski definition) is 2. The Balaban J connectivity index is 1.71. The summed E-state index contributed by atoms with van der Waals surface area (Å²) in [6, 6.07) is 4.72. The molecule has 2 heterocycles. The van der Waals surface area contributed by atoms with E-state index in [4.69, 9.17) is 4.74 Å². The van der Waals surface area contributed by atoms with Crippen molar-refractivity contribution in [3.8, 4) is 0 Å². The molecule has 4 rings (SSSR count). The van der Waals surface area contributed by atoms with Crippen molar-refractivity contribution in [3.63, 3.8) is 0 Å². The molecule has 2 N–H and O–H groups in total. The van der Waals surface area contributed by atoms with Crippen molar-refractivity contribution in [3.05, 3.63) is 67.5 Å². The van der Waals surface area contributed by atoms with Gasteiger partial charge < -0.3 is 10.1 Å². The maximum absolute atomic E-state index is 12.8. The number of amides is 1. The minimum absolute atomic E-state index is 0.0244. The molecule has 1 fully saturated rings. The van der Waals surface area contributed by atoms with Crippen molar-refractivity contribution < 1.29 is 14.3 Å². The summed E-state index contributed by atoms with van der Waals surface area (Å²) in [6.45, 7) is 3.62. The zero-order valence-electron chi connectivity index (χ0n) is 16.7. The van der Waals surface area contributed by atoms with E-state index in [1.54, 1.807) is 13.0 Å². The standard InChI is InChI=1S/C21H20N4O5/c1-10-6-13(8-15(11(10)2)20(28)30-3)23-18(26)12-7-16-17(22-9-12)25(14-4-5-14)21(29)24-19(16)27/h6-9,14H,4-5H2,1-3H3,(H,23,26)(H,24,27,29). The third-order valence-electron chi connectivity index (χ3n) is 5.28. The highest BCUT2D eigenvalue weighted by atomic mass is 16.5. The van der Waals surface area contributed by atoms with Crippen LogP contribution in [0.25, 0.3) is 11.0 Å². The van der Waals surface area contributed by atoms with Crippen molar-refractivity contribution in [1.82, 2.24) is 14.5 Å². The molecule has 30 heavy (non-hydrogen) atoms. The molecule has 0 atom stereocenters. The molecule has 3 aromatic rings. The highest BCUT2D eigenvalue weighted by Crippen LogP contribution is 2.34. The van der Waals surface area contributed by atoms with Gasteiger partial charge in [-0.2, -0.15) is 0 Å². The van der Waals surface area contributed by atoms with E-state index in [-0.39, 0.29) is 22.6 Å². The molecule has 154 valence electrons. The van der Waals surface area contributed by atoms with Gasteiger partial charge in [0.2, 0.25) is 0 Å². The summed E-state index contributed by atoms with van der Waals surface area (Å²) in [5, 5.41) is 2.89. The Bertz CT molecular complexity index is 1320. The number of rotatable bonds is 4. The number of carbonyl (C=O) groups excluding carboxylic acids is 2. The summed E-state index contributed by atoms with van der Waals surface area (Å²) in [5.74, 6) is -0.990. The van der Waals surface area contributed by atoms with E-state index in [0.717, 1.165) is 24.0 Å². The summed E-state index contributed by atoms with van der Waals surface area (Å²) in [7, 11) is 1.29. The average Bonchev–Trinajstić information content (AvgIpc) is 3.54. The molecule has 1 amide bonds. The van der Waals surface area contributed by atoms with Crippen LogP contribution in [0.2, 0.25) is 0 Å². The minimum atomic E-state index is -0.590. The Hall–Kier alpha value is -3.75. The number of pyridine rings is 1. The van der Waals surface area contributed by atoms with Gasteiger partial charge in [-0.1, -0.05) is 0 Å². The quantitative estimate of drug-likeness (QED) is 0.637. The molecule has 9 heteroatoms. The van der Waals surface area contributed by atoms with Gasteiger partial charge in [0.25, 0.3) is 11.5 Å². The van der Waals surface area contributed by atoms with Crippen molar-refractivity contribution >= 4 is 28.6 Å². The van der Waals surface area contributed by atoms with Crippen LogP contribution in [0.3, 0.4) is 0 Å². The van der Waals surface area contributed by atoms with Gasteiger partial charge in [-0.25, -0.2) is 14.6 Å². The lowest BCUT2D eigenvalue weighted by atomic mass is 10.0. The van der Waals surface area contributed by atoms with Crippen LogP contribution in [0.5, 0.6) is 0 Å². The Morgan fingerprint density at radius 1 is 1.20 bits per heavy atom. The second-order valence-corrected chi connectivity index (χ2v) is 7.37. The van der Waals surface area contributed by atoms with Crippen LogP contribution in [0.4, 0.5) is 5.69 Å². The number of anilines is 1. The van der Waals surface area contributed by atoms with Gasteiger partial charge in [-0.05, 0) is 56.0 Å². The molecule has 0 spiro atoms. The third kappa shape index (κ3) is 3.38. The Kier molecular flexibility index (Phi) is 4.73. The van der Waals surface area contributed by atoms with Crippen LogP contribution >= 0.6 is 0 Å². The number of aromatic amines is 1. The molecule has 1 aliphatic rings. The minimum Gasteiger partial charge on any atom is -0.465 e. The molecule has 1 aromatic carbocycles. The second-order valence-electron chi connectivity index (χ2n) is 7.37. The lowest BCUT2D eigenvalue weighted by molar-refractivity contribution is 0.0599. The SMILES string of the molecule is COC(=O)c1cc(NC(=O)c2cnc3c(c2)c(=O)[nH]c(=O)n3C2CC2)cc(C)c1C. The summed E-state index contributed by atoms with van der Waals surface area (Å²) in [6.07, 6.45) is 3.03. The molecule has 0 bridgehead atoms. The number of H-pyrrole nitrogens is 1. The monoisotopic (exact) mass is 408 g/mol. The number of esters is 1. The van der Waals surface area contributed by atoms with Gasteiger partial charge >= 0.3 is 11.7 Å². The predicted molar refractivity (Wildman–Crippen MR) is 110 cm³/mol. The Labute approximate surface area is 170 Å². The largest absolute Gasteiger partial charge is 0.465 e. The lowest BCUT2D eigenvalue weighted by Crippen LogP contribution is -2.30. The number of aromatic nitrogens is 3. The third-order valence-corrected chi connectivity index (χ3v) is 5.28. The first-order valence-electron chi connectivity index (χ1n) is 9.45. The van der Waals surface area contributed by atoms with Gasteiger partial charge in [0, 0.05) is 17.9 Å². The molecular formula is C21H20N4O5. The maximum atomic E-state index is 12.8. The molecular weight excluding hydrogens is 388 g/mol. The van der Waals surface area contributed by atoms with E-state index in [1.165, 1.54) is 30.0 Å². The fourth-order valence-corrected chi connectivity index (χ4v) is 3.39. The average molecular weight is 408 g/mol. The van der Waals surface area contributed by atoms with Crippen molar-refractivity contribution in [2.45, 2.75) is 32.7 Å². The Morgan fingerprint density at radius 2 is 1.93 bits per heavy atom. The van der Waals surface area contributed by atoms with E-state index in [1.807, 2.05) is 6.92 Å². The van der Waals surface area contributed by atoms with E-state index in [0.29, 0.717) is 11.3 Å². The number of aryl methyl sites for hydroxylation is 1. The molecule has 0 saturated heterocycles. The topological polar surface area (TPSA) is 123 Å². The van der Waals surface area contributed by atoms with Crippen LogP contribution in [0.1, 0.15) is 50.7 Å². The van der Waals surface area contributed by atoms with Gasteiger partial charge in [0.05, 0.1) is 23.6 Å². The number of methoxy groups -OCH3 is 1. The fourth-order valence-electron chi connectivity index (χ4n) is 3.39. The van der Waals surface area contributed by atoms with Crippen LogP contribution in [-0.2, 0) is 4.74 Å². The van der Waals surface area contributed by atoms with E-state index in [2.05, 4.69) is 15.3 Å². The Morgan fingerprint density at radius 3 is 2.60 bits per heavy atom. The molecule has 2 aromatic heterocycles. The predicted octanol–water partition coefficient (Wildman–Crippen LogP) is 2.08. The molecule has 9 nitrogen and oxygen atoms in total. The first-order valence-corrected chi connectivity index (χ1v) is 9.45. The fraction of sp³-hybridized carbons (Fsp3) is 0.286. The summed E-state index contributed by atoms with van der Waals surface area (Å²) < 4.78 is 6.26. The molecule has 0 aliphatic heterocycles. The number of fused-ring (bicyclic) bond motifs is 1. The van der Waals surface area contributed by atoms with E-state index >= 15 is 0 Å². The lowest BCUT2D eigenvalue weighted by Gasteiger charge is -2.12. The number of ether oxygens (including phenoxy) is 1. The zero-order chi connectivity index (χ0) is 21.6. The molecule has 1 aliphatic carbocycles. The van der Waals surface area contributed by atoms with E-state index in [9.17, 15) is 19.2 Å². The molecule has 1 saturated carbocycles. The highest BCUT2D eigenvalue weighted by Gasteiger charge is 2.28.